The van der Waals surface area contributed by atoms with Crippen molar-refractivity contribution in [1.29, 1.82) is 0 Å². The highest BCUT2D eigenvalue weighted by molar-refractivity contribution is 5.96. The van der Waals surface area contributed by atoms with E-state index in [9.17, 15) is 9.59 Å². The van der Waals surface area contributed by atoms with Crippen molar-refractivity contribution in [2.75, 3.05) is 0 Å². The molecule has 0 spiro atoms. The smallest absolute Gasteiger partial charge is 0.343 e. The number of esters is 2. The van der Waals surface area contributed by atoms with E-state index in [1.807, 2.05) is 6.07 Å². The molecule has 0 saturated heterocycles. The molecular formula is C20H20O4. The van der Waals surface area contributed by atoms with E-state index in [2.05, 4.69) is 0 Å². The second-order valence-electron chi connectivity index (χ2n) is 5.92. The van der Waals surface area contributed by atoms with Crippen LogP contribution in [-0.4, -0.2) is 18.0 Å². The van der Waals surface area contributed by atoms with Crippen LogP contribution in [-0.2, 0) is 4.74 Å². The highest BCUT2D eigenvalue weighted by atomic mass is 16.6. The van der Waals surface area contributed by atoms with Crippen molar-refractivity contribution in [3.8, 4) is 5.75 Å². The van der Waals surface area contributed by atoms with Gasteiger partial charge >= 0.3 is 11.9 Å². The average molecular weight is 324 g/mol. The van der Waals surface area contributed by atoms with Crippen LogP contribution in [0.1, 0.15) is 52.8 Å². The van der Waals surface area contributed by atoms with E-state index in [1.54, 1.807) is 48.5 Å². The molecule has 4 heteroatoms. The minimum Gasteiger partial charge on any atom is -0.459 e. The minimum absolute atomic E-state index is 0.0378. The number of carbonyl (C=O) groups excluding carboxylic acids is 2. The van der Waals surface area contributed by atoms with Gasteiger partial charge in [0.1, 0.15) is 17.4 Å². The van der Waals surface area contributed by atoms with Gasteiger partial charge in [0.15, 0.2) is 0 Å². The third kappa shape index (κ3) is 4.02. The molecule has 0 radical (unpaired) electrons. The van der Waals surface area contributed by atoms with Crippen LogP contribution in [0.25, 0.3) is 0 Å². The van der Waals surface area contributed by atoms with Crippen LogP contribution >= 0.6 is 0 Å². The Hall–Kier alpha value is -2.62. The highest BCUT2D eigenvalue weighted by Crippen LogP contribution is 2.25. The number of benzene rings is 2. The van der Waals surface area contributed by atoms with Gasteiger partial charge in [0.2, 0.25) is 0 Å². The van der Waals surface area contributed by atoms with Gasteiger partial charge in [-0.1, -0.05) is 36.8 Å². The van der Waals surface area contributed by atoms with E-state index in [-0.39, 0.29) is 17.4 Å². The van der Waals surface area contributed by atoms with Gasteiger partial charge in [-0.2, -0.15) is 0 Å². The Kier molecular flexibility index (Phi) is 5.26. The molecule has 1 fully saturated rings. The molecule has 2 aromatic rings. The fourth-order valence-electron chi connectivity index (χ4n) is 2.86. The summed E-state index contributed by atoms with van der Waals surface area (Å²) >= 11 is 0. The molecule has 24 heavy (non-hydrogen) atoms. The Morgan fingerprint density at radius 3 is 2.21 bits per heavy atom. The van der Waals surface area contributed by atoms with Gasteiger partial charge in [0, 0.05) is 0 Å². The summed E-state index contributed by atoms with van der Waals surface area (Å²) in [4.78, 5) is 24.6. The molecule has 0 aliphatic heterocycles. The van der Waals surface area contributed by atoms with Crippen molar-refractivity contribution in [1.82, 2.24) is 0 Å². The van der Waals surface area contributed by atoms with Crippen molar-refractivity contribution in [3.63, 3.8) is 0 Å². The quantitative estimate of drug-likeness (QED) is 0.618. The number of hydrogen-bond donors (Lipinski definition) is 0. The van der Waals surface area contributed by atoms with Gasteiger partial charge < -0.3 is 9.47 Å². The average Bonchev–Trinajstić information content (AvgIpc) is 2.63. The van der Waals surface area contributed by atoms with Gasteiger partial charge in [-0.05, 0) is 49.9 Å². The lowest BCUT2D eigenvalue weighted by Crippen LogP contribution is -2.21. The first-order valence-electron chi connectivity index (χ1n) is 8.31. The number of para-hydroxylation sites is 1. The van der Waals surface area contributed by atoms with E-state index < -0.39 is 11.9 Å². The molecule has 3 rings (SSSR count). The molecule has 1 aliphatic carbocycles. The predicted molar refractivity (Wildman–Crippen MR) is 90.1 cm³/mol. The Labute approximate surface area is 141 Å². The fraction of sp³-hybridized carbons (Fsp3) is 0.300. The van der Waals surface area contributed by atoms with E-state index in [0.717, 1.165) is 25.7 Å². The van der Waals surface area contributed by atoms with Crippen molar-refractivity contribution in [2.45, 2.75) is 38.2 Å². The molecule has 2 aromatic carbocycles. The molecule has 124 valence electrons. The highest BCUT2D eigenvalue weighted by Gasteiger charge is 2.22. The molecule has 1 aliphatic rings. The predicted octanol–water partition coefficient (Wildman–Crippen LogP) is 4.40. The maximum absolute atomic E-state index is 12.4. The summed E-state index contributed by atoms with van der Waals surface area (Å²) in [5.74, 6) is -0.695. The molecule has 0 unspecified atom stereocenters. The Balaban J connectivity index is 1.72. The Bertz CT molecular complexity index is 703. The van der Waals surface area contributed by atoms with Gasteiger partial charge in [-0.15, -0.1) is 0 Å². The van der Waals surface area contributed by atoms with Crippen molar-refractivity contribution in [3.05, 3.63) is 65.7 Å². The van der Waals surface area contributed by atoms with Crippen LogP contribution in [0.3, 0.4) is 0 Å². The minimum atomic E-state index is -0.492. The second kappa shape index (κ2) is 7.77. The number of ether oxygens (including phenoxy) is 2. The summed E-state index contributed by atoms with van der Waals surface area (Å²) in [5, 5.41) is 0. The number of rotatable bonds is 4. The van der Waals surface area contributed by atoms with Crippen LogP contribution in [0.15, 0.2) is 54.6 Å². The molecular weight excluding hydrogens is 304 g/mol. The summed E-state index contributed by atoms with van der Waals surface area (Å²) in [5.41, 5.74) is 0.723. The topological polar surface area (TPSA) is 52.6 Å². The zero-order chi connectivity index (χ0) is 16.8. The SMILES string of the molecule is O=C(Oc1ccccc1C(=O)OC1CCCCC1)c1ccccc1. The summed E-state index contributed by atoms with van der Waals surface area (Å²) in [6.07, 6.45) is 5.13. The molecule has 0 amide bonds. The molecule has 0 atom stereocenters. The van der Waals surface area contributed by atoms with Crippen LogP contribution in [0.4, 0.5) is 0 Å². The van der Waals surface area contributed by atoms with Crippen LogP contribution in [0, 0.1) is 0 Å². The summed E-state index contributed by atoms with van der Waals surface area (Å²) in [6, 6.07) is 15.4. The van der Waals surface area contributed by atoms with Crippen LogP contribution in [0.2, 0.25) is 0 Å². The Morgan fingerprint density at radius 1 is 0.792 bits per heavy atom. The van der Waals surface area contributed by atoms with E-state index in [4.69, 9.17) is 9.47 Å². The van der Waals surface area contributed by atoms with Crippen LogP contribution < -0.4 is 4.74 Å². The van der Waals surface area contributed by atoms with Crippen molar-refractivity contribution < 1.29 is 19.1 Å². The van der Waals surface area contributed by atoms with Gasteiger partial charge in [-0.3, -0.25) is 0 Å². The normalized spacial score (nSPS) is 14.8. The van der Waals surface area contributed by atoms with E-state index in [1.165, 1.54) is 6.42 Å². The second-order valence-corrected chi connectivity index (χ2v) is 5.92. The van der Waals surface area contributed by atoms with Crippen molar-refractivity contribution >= 4 is 11.9 Å². The van der Waals surface area contributed by atoms with E-state index in [0.29, 0.717) is 5.56 Å². The van der Waals surface area contributed by atoms with Gasteiger partial charge in [0.25, 0.3) is 0 Å². The van der Waals surface area contributed by atoms with Crippen molar-refractivity contribution in [2.24, 2.45) is 0 Å². The van der Waals surface area contributed by atoms with Gasteiger partial charge in [-0.25, -0.2) is 9.59 Å². The molecule has 4 nitrogen and oxygen atoms in total. The summed E-state index contributed by atoms with van der Waals surface area (Å²) in [6.45, 7) is 0. The number of carbonyl (C=O) groups is 2. The first kappa shape index (κ1) is 16.2. The zero-order valence-electron chi connectivity index (χ0n) is 13.4. The van der Waals surface area contributed by atoms with E-state index >= 15 is 0 Å². The lowest BCUT2D eigenvalue weighted by atomic mass is 9.98. The fourth-order valence-corrected chi connectivity index (χ4v) is 2.86. The summed E-state index contributed by atoms with van der Waals surface area (Å²) in [7, 11) is 0. The third-order valence-corrected chi connectivity index (χ3v) is 4.15. The maximum Gasteiger partial charge on any atom is 0.343 e. The zero-order valence-corrected chi connectivity index (χ0v) is 13.4. The first-order chi connectivity index (χ1) is 11.7. The first-order valence-corrected chi connectivity index (χ1v) is 8.31. The third-order valence-electron chi connectivity index (χ3n) is 4.15. The standard InChI is InChI=1S/C20H20O4/c21-19(15-9-3-1-4-10-15)24-18-14-8-7-13-17(18)20(22)23-16-11-5-2-6-12-16/h1,3-4,7-10,13-14,16H,2,5-6,11-12H2. The Morgan fingerprint density at radius 2 is 1.46 bits per heavy atom. The molecule has 0 bridgehead atoms. The lowest BCUT2D eigenvalue weighted by Gasteiger charge is -2.22. The molecule has 0 N–H and O–H groups in total. The molecule has 1 saturated carbocycles. The van der Waals surface area contributed by atoms with Gasteiger partial charge in [0.05, 0.1) is 5.56 Å². The largest absolute Gasteiger partial charge is 0.459 e. The molecule has 0 heterocycles. The monoisotopic (exact) mass is 324 g/mol. The number of hydrogen-bond acceptors (Lipinski definition) is 4. The van der Waals surface area contributed by atoms with Crippen LogP contribution in [0.5, 0.6) is 5.75 Å². The lowest BCUT2D eigenvalue weighted by molar-refractivity contribution is 0.0208. The maximum atomic E-state index is 12.4. The summed E-state index contributed by atoms with van der Waals surface area (Å²) < 4.78 is 11.0. The molecule has 0 aromatic heterocycles.